The van der Waals surface area contributed by atoms with Crippen LogP contribution in [0.5, 0.6) is 0 Å². The molecule has 0 bridgehead atoms. The predicted octanol–water partition coefficient (Wildman–Crippen LogP) is 11.3. The second-order valence-corrected chi connectivity index (χ2v) is 12.3. The Morgan fingerprint density at radius 2 is 1.44 bits per heavy atom. The van der Waals surface area contributed by atoms with E-state index in [1.165, 1.54) is 22.0 Å². The van der Waals surface area contributed by atoms with Gasteiger partial charge in [-0.25, -0.2) is 0 Å². The topological polar surface area (TPSA) is 43.6 Å². The Labute approximate surface area is 313 Å². The van der Waals surface area contributed by atoms with Gasteiger partial charge in [0, 0.05) is 48.5 Å². The first-order chi connectivity index (χ1) is 25.4. The van der Waals surface area contributed by atoms with E-state index in [9.17, 15) is 0 Å². The van der Waals surface area contributed by atoms with Crippen LogP contribution in [-0.4, -0.2) is 19.5 Å². The van der Waals surface area contributed by atoms with Crippen molar-refractivity contribution in [3.05, 3.63) is 181 Å². The van der Waals surface area contributed by atoms with E-state index in [1.54, 1.807) is 29.5 Å². The molecule has 1 radical (unpaired) electrons. The molecule has 0 aliphatic heterocycles. The third kappa shape index (κ3) is 6.83. The first kappa shape index (κ1) is 29.4. The SMILES string of the molecule is [2H]C([2H])([2H])c1ccc(-c2[c-]cccc2)nc1.[Ir].[c-]1sc2ccc(-c3ccncc3)cc2c1-c1nc2ccccc2n1-c1ccc(-c2ccccc2)cc1. The van der Waals surface area contributed by atoms with Gasteiger partial charge >= 0.3 is 0 Å². The Hall–Kier alpha value is -5.52. The van der Waals surface area contributed by atoms with Gasteiger partial charge in [0.25, 0.3) is 0 Å². The van der Waals surface area contributed by atoms with Gasteiger partial charge in [-0.3, -0.25) is 21.3 Å². The number of para-hydroxylation sites is 2. The number of benzene rings is 5. The minimum atomic E-state index is -2.09. The molecular weight excluding hydrogens is 809 g/mol. The van der Waals surface area contributed by atoms with E-state index in [-0.39, 0.29) is 25.7 Å². The van der Waals surface area contributed by atoms with E-state index in [0.717, 1.165) is 55.9 Å². The van der Waals surface area contributed by atoms with Gasteiger partial charge in [0.2, 0.25) is 0 Å². The maximum absolute atomic E-state index is 7.23. The molecule has 4 nitrogen and oxygen atoms in total. The van der Waals surface area contributed by atoms with Gasteiger partial charge in [-0.15, -0.1) is 41.3 Å². The molecule has 0 amide bonds. The fraction of sp³-hybridized carbons (Fsp3) is 0.0227. The normalized spacial score (nSPS) is 11.9. The van der Waals surface area contributed by atoms with Gasteiger partial charge in [0.05, 0.1) is 16.9 Å². The van der Waals surface area contributed by atoms with Crippen molar-refractivity contribution in [3.63, 3.8) is 0 Å². The number of fused-ring (bicyclic) bond motifs is 2. The molecule has 50 heavy (non-hydrogen) atoms. The van der Waals surface area contributed by atoms with Crippen LogP contribution in [-0.2, 0) is 20.1 Å². The number of aromatic nitrogens is 4. The average molecular weight is 842 g/mol. The van der Waals surface area contributed by atoms with Crippen molar-refractivity contribution in [2.24, 2.45) is 0 Å². The number of pyridine rings is 2. The quantitative estimate of drug-likeness (QED) is 0.162. The molecule has 0 atom stereocenters. The number of aryl methyl sites for hydroxylation is 1. The molecule has 0 saturated heterocycles. The van der Waals surface area contributed by atoms with Crippen LogP contribution in [0, 0.1) is 18.3 Å². The van der Waals surface area contributed by atoms with Gasteiger partial charge in [-0.05, 0) is 76.8 Å². The summed E-state index contributed by atoms with van der Waals surface area (Å²) in [5, 5.41) is 4.72. The van der Waals surface area contributed by atoms with Crippen LogP contribution in [0.3, 0.4) is 0 Å². The molecule has 5 aromatic carbocycles. The van der Waals surface area contributed by atoms with E-state index in [0.29, 0.717) is 0 Å². The summed E-state index contributed by atoms with van der Waals surface area (Å²) in [6.45, 7) is -2.09. The summed E-state index contributed by atoms with van der Waals surface area (Å²) in [5.74, 6) is 0.904. The van der Waals surface area contributed by atoms with Gasteiger partial charge in [-0.2, -0.15) is 0 Å². The molecule has 0 aliphatic carbocycles. The molecule has 0 fully saturated rings. The zero-order valence-corrected chi connectivity index (χ0v) is 29.8. The number of nitrogens with zero attached hydrogens (tertiary/aromatic N) is 4. The Balaban J connectivity index is 0.000000216. The van der Waals surface area contributed by atoms with Gasteiger partial charge in [0.15, 0.2) is 0 Å². The average Bonchev–Trinajstić information content (AvgIpc) is 3.80. The van der Waals surface area contributed by atoms with E-state index >= 15 is 0 Å². The molecule has 0 aliphatic rings. The van der Waals surface area contributed by atoms with E-state index < -0.39 is 6.85 Å². The van der Waals surface area contributed by atoms with E-state index in [4.69, 9.17) is 9.10 Å². The monoisotopic (exact) mass is 842 g/mol. The maximum atomic E-state index is 7.23. The molecule has 0 spiro atoms. The van der Waals surface area contributed by atoms with Crippen molar-refractivity contribution in [1.82, 2.24) is 19.5 Å². The molecule has 6 heteroatoms. The number of imidazole rings is 1. The molecule has 4 heterocycles. The van der Waals surface area contributed by atoms with Crippen LogP contribution in [0.4, 0.5) is 0 Å². The van der Waals surface area contributed by atoms with E-state index in [2.05, 4.69) is 111 Å². The minimum absolute atomic E-state index is 0. The molecule has 9 aromatic rings. The first-order valence-electron chi connectivity index (χ1n) is 17.3. The van der Waals surface area contributed by atoms with E-state index in [1.807, 2.05) is 54.9 Å². The van der Waals surface area contributed by atoms with Crippen LogP contribution in [0.1, 0.15) is 9.68 Å². The molecule has 243 valence electrons. The van der Waals surface area contributed by atoms with Crippen LogP contribution in [0.25, 0.3) is 71.7 Å². The summed E-state index contributed by atoms with van der Waals surface area (Å²) < 4.78 is 25.1. The molecule has 4 aromatic heterocycles. The number of hydrogen-bond donors (Lipinski definition) is 0. The number of hydrogen-bond acceptors (Lipinski definition) is 4. The number of thiophene rings is 1. The van der Waals surface area contributed by atoms with Crippen LogP contribution >= 0.6 is 11.3 Å². The van der Waals surface area contributed by atoms with Crippen LogP contribution < -0.4 is 0 Å². The third-order valence-electron chi connectivity index (χ3n) is 8.29. The summed E-state index contributed by atoms with van der Waals surface area (Å²) in [6.07, 6.45) is 5.06. The Morgan fingerprint density at radius 3 is 2.20 bits per heavy atom. The minimum Gasteiger partial charge on any atom is -0.333 e. The largest absolute Gasteiger partial charge is 0.333 e. The molecule has 0 saturated carbocycles. The van der Waals surface area contributed by atoms with Crippen molar-refractivity contribution in [2.75, 3.05) is 0 Å². The summed E-state index contributed by atoms with van der Waals surface area (Å²) in [6, 6.07) is 51.9. The van der Waals surface area contributed by atoms with Crippen molar-refractivity contribution >= 4 is 32.5 Å². The molecule has 0 unspecified atom stereocenters. The zero-order valence-electron chi connectivity index (χ0n) is 29.6. The molecule has 0 N–H and O–H groups in total. The smallest absolute Gasteiger partial charge is 0.0774 e. The van der Waals surface area contributed by atoms with Crippen molar-refractivity contribution < 1.29 is 24.2 Å². The van der Waals surface area contributed by atoms with Gasteiger partial charge in [0.1, 0.15) is 0 Å². The molecule has 9 rings (SSSR count). The Kier molecular flexibility index (Phi) is 8.78. The summed E-state index contributed by atoms with van der Waals surface area (Å²) in [4.78, 5) is 13.4. The Bertz CT molecular complexity index is 2590. The predicted molar refractivity (Wildman–Crippen MR) is 203 cm³/mol. The maximum Gasteiger partial charge on any atom is 0.0774 e. The summed E-state index contributed by atoms with van der Waals surface area (Å²) >= 11 is 1.64. The van der Waals surface area contributed by atoms with Crippen molar-refractivity contribution in [3.8, 4) is 50.6 Å². The fourth-order valence-corrected chi connectivity index (χ4v) is 6.68. The van der Waals surface area contributed by atoms with Crippen LogP contribution in [0.15, 0.2) is 164 Å². The van der Waals surface area contributed by atoms with Crippen LogP contribution in [0.2, 0.25) is 0 Å². The zero-order chi connectivity index (χ0) is 35.5. The number of rotatable bonds is 5. The van der Waals surface area contributed by atoms with Gasteiger partial charge < -0.3 is 9.55 Å². The van der Waals surface area contributed by atoms with Crippen molar-refractivity contribution in [2.45, 2.75) is 6.85 Å². The van der Waals surface area contributed by atoms with Crippen molar-refractivity contribution in [1.29, 1.82) is 0 Å². The summed E-state index contributed by atoms with van der Waals surface area (Å²) in [5.41, 5.74) is 10.7. The second kappa shape index (κ2) is 14.9. The fourth-order valence-electron chi connectivity index (χ4n) is 5.86. The molecular formula is C44H30IrN4S-2. The summed E-state index contributed by atoms with van der Waals surface area (Å²) in [7, 11) is 0. The third-order valence-corrected chi connectivity index (χ3v) is 9.17. The second-order valence-electron chi connectivity index (χ2n) is 11.4. The standard InChI is InChI=1S/C32H20N3S.C12H10N.Ir/c1-2-6-22(7-3-1)23-10-13-26(14-11-23)35-30-9-5-4-8-29(30)34-32(35)28-21-36-31-15-12-25(20-27(28)31)24-16-18-33-19-17-24;1-10-7-8-12(13-9-10)11-5-3-2-4-6-11;/h1-20H;2-5,7-9H,1H3;/q2*-1;/i;1D3;. The Morgan fingerprint density at radius 1 is 0.700 bits per heavy atom. The van der Waals surface area contributed by atoms with Gasteiger partial charge in [-0.1, -0.05) is 101 Å². The first-order valence-corrected chi connectivity index (χ1v) is 16.7.